The molecule has 0 aliphatic carbocycles. The summed E-state index contributed by atoms with van der Waals surface area (Å²) < 4.78 is 42.1. The van der Waals surface area contributed by atoms with Crippen molar-refractivity contribution >= 4 is 23.2 Å². The fourth-order valence-corrected chi connectivity index (χ4v) is 2.28. The molecule has 0 fully saturated rings. The summed E-state index contributed by atoms with van der Waals surface area (Å²) in [7, 11) is 0. The molecule has 0 spiro atoms. The zero-order valence-electron chi connectivity index (χ0n) is 13.0. The van der Waals surface area contributed by atoms with Crippen molar-refractivity contribution in [3.8, 4) is 11.4 Å². The first-order valence-corrected chi connectivity index (χ1v) is 7.66. The van der Waals surface area contributed by atoms with Crippen molar-refractivity contribution in [1.82, 2.24) is 9.78 Å². The number of benzene rings is 2. The van der Waals surface area contributed by atoms with Crippen LogP contribution in [0.5, 0.6) is 5.75 Å². The Morgan fingerprint density at radius 3 is 2.58 bits per heavy atom. The van der Waals surface area contributed by atoms with Crippen LogP contribution in [0.15, 0.2) is 60.9 Å². The van der Waals surface area contributed by atoms with Crippen LogP contribution in [0.4, 0.5) is 18.9 Å². The first kappa shape index (κ1) is 17.8. The average molecular weight is 382 g/mol. The van der Waals surface area contributed by atoms with Crippen molar-refractivity contribution in [2.45, 2.75) is 6.36 Å². The van der Waals surface area contributed by atoms with Gasteiger partial charge >= 0.3 is 6.36 Å². The molecule has 3 aromatic rings. The summed E-state index contributed by atoms with van der Waals surface area (Å²) in [4.78, 5) is 12.3. The maximum Gasteiger partial charge on any atom is 0.573 e. The van der Waals surface area contributed by atoms with E-state index in [4.69, 9.17) is 11.6 Å². The van der Waals surface area contributed by atoms with Crippen LogP contribution in [0.3, 0.4) is 0 Å². The number of ether oxygens (including phenoxy) is 1. The minimum absolute atomic E-state index is 0.163. The van der Waals surface area contributed by atoms with Gasteiger partial charge in [-0.2, -0.15) is 5.10 Å². The third-order valence-corrected chi connectivity index (χ3v) is 3.51. The summed E-state index contributed by atoms with van der Waals surface area (Å²) in [6.07, 6.45) is -1.96. The molecule has 26 heavy (non-hydrogen) atoms. The quantitative estimate of drug-likeness (QED) is 0.714. The smallest absolute Gasteiger partial charge is 0.406 e. The molecule has 0 saturated carbocycles. The van der Waals surface area contributed by atoms with Gasteiger partial charge in [-0.1, -0.05) is 17.7 Å². The maximum atomic E-state index is 12.3. The molecule has 5 nitrogen and oxygen atoms in total. The molecule has 1 amide bonds. The van der Waals surface area contributed by atoms with Gasteiger partial charge in [-0.25, -0.2) is 4.68 Å². The van der Waals surface area contributed by atoms with Crippen molar-refractivity contribution in [2.24, 2.45) is 0 Å². The molecule has 0 atom stereocenters. The highest BCUT2D eigenvalue weighted by Crippen LogP contribution is 2.25. The number of nitrogens with one attached hydrogen (secondary N) is 1. The van der Waals surface area contributed by atoms with E-state index in [-0.39, 0.29) is 11.3 Å². The van der Waals surface area contributed by atoms with Crippen LogP contribution in [0.25, 0.3) is 5.69 Å². The van der Waals surface area contributed by atoms with Crippen LogP contribution < -0.4 is 10.1 Å². The van der Waals surface area contributed by atoms with Gasteiger partial charge in [-0.15, -0.1) is 13.2 Å². The first-order chi connectivity index (χ1) is 12.3. The molecule has 1 aromatic heterocycles. The molecule has 0 radical (unpaired) electrons. The van der Waals surface area contributed by atoms with Crippen LogP contribution in [-0.4, -0.2) is 22.1 Å². The van der Waals surface area contributed by atoms with Crippen LogP contribution in [-0.2, 0) is 0 Å². The fraction of sp³-hybridized carbons (Fsp3) is 0.0588. The molecular weight excluding hydrogens is 371 g/mol. The number of carbonyl (C=O) groups is 1. The van der Waals surface area contributed by atoms with Gasteiger partial charge in [0.25, 0.3) is 5.91 Å². The van der Waals surface area contributed by atoms with E-state index in [0.717, 1.165) is 12.1 Å². The van der Waals surface area contributed by atoms with Crippen molar-refractivity contribution in [1.29, 1.82) is 0 Å². The Kier molecular flexibility index (Phi) is 4.85. The van der Waals surface area contributed by atoms with E-state index < -0.39 is 18.0 Å². The third kappa shape index (κ3) is 4.54. The SMILES string of the molecule is O=C(Nc1cccc(OC(F)(F)F)c1)c1cnn(-c2ccc(Cl)cc2)c1. The number of rotatable bonds is 4. The average Bonchev–Trinajstić information content (AvgIpc) is 3.04. The number of aromatic nitrogens is 2. The predicted octanol–water partition coefficient (Wildman–Crippen LogP) is 4.68. The Morgan fingerprint density at radius 2 is 1.88 bits per heavy atom. The highest BCUT2D eigenvalue weighted by Gasteiger charge is 2.31. The Hall–Kier alpha value is -3.00. The van der Waals surface area contributed by atoms with Crippen molar-refractivity contribution in [3.05, 3.63) is 71.5 Å². The standard InChI is InChI=1S/C17H11ClF3N3O2/c18-12-4-6-14(7-5-12)24-10-11(9-22-24)16(25)23-13-2-1-3-15(8-13)26-17(19,20)21/h1-10H,(H,23,25). The monoisotopic (exact) mass is 381 g/mol. The van der Waals surface area contributed by atoms with Gasteiger partial charge in [-0.05, 0) is 36.4 Å². The van der Waals surface area contributed by atoms with Crippen molar-refractivity contribution in [2.75, 3.05) is 5.32 Å². The summed E-state index contributed by atoms with van der Waals surface area (Å²) in [6.45, 7) is 0. The minimum Gasteiger partial charge on any atom is -0.406 e. The zero-order valence-corrected chi connectivity index (χ0v) is 13.8. The molecule has 0 aliphatic rings. The molecular formula is C17H11ClF3N3O2. The number of hydrogen-bond donors (Lipinski definition) is 1. The highest BCUT2D eigenvalue weighted by atomic mass is 35.5. The largest absolute Gasteiger partial charge is 0.573 e. The number of carbonyl (C=O) groups excluding carboxylic acids is 1. The number of halogens is 4. The van der Waals surface area contributed by atoms with Crippen molar-refractivity contribution < 1.29 is 22.7 Å². The Labute approximate surface area is 151 Å². The number of amides is 1. The van der Waals surface area contributed by atoms with Gasteiger partial charge in [0.1, 0.15) is 5.75 Å². The summed E-state index contributed by atoms with van der Waals surface area (Å²) in [5, 5.41) is 7.15. The molecule has 2 aromatic carbocycles. The van der Waals surface area contributed by atoms with Gasteiger partial charge in [0.05, 0.1) is 17.4 Å². The zero-order chi connectivity index (χ0) is 18.7. The molecule has 3 rings (SSSR count). The fourth-order valence-electron chi connectivity index (χ4n) is 2.15. The van der Waals surface area contributed by atoms with E-state index in [1.165, 1.54) is 29.2 Å². The lowest BCUT2D eigenvalue weighted by Crippen LogP contribution is -2.17. The van der Waals surface area contributed by atoms with Crippen LogP contribution >= 0.6 is 11.6 Å². The van der Waals surface area contributed by atoms with E-state index in [1.807, 2.05) is 0 Å². The number of hydrogen-bond acceptors (Lipinski definition) is 3. The molecule has 0 unspecified atom stereocenters. The predicted molar refractivity (Wildman–Crippen MR) is 89.7 cm³/mol. The molecule has 0 saturated heterocycles. The second kappa shape index (κ2) is 7.09. The topological polar surface area (TPSA) is 56.1 Å². The summed E-state index contributed by atoms with van der Waals surface area (Å²) in [6, 6.07) is 11.8. The third-order valence-electron chi connectivity index (χ3n) is 3.26. The minimum atomic E-state index is -4.80. The Morgan fingerprint density at radius 1 is 1.15 bits per heavy atom. The lowest BCUT2D eigenvalue weighted by atomic mass is 10.2. The molecule has 0 aliphatic heterocycles. The van der Waals surface area contributed by atoms with Crippen LogP contribution in [0.1, 0.15) is 10.4 Å². The maximum absolute atomic E-state index is 12.3. The van der Waals surface area contributed by atoms with Crippen LogP contribution in [0, 0.1) is 0 Å². The van der Waals surface area contributed by atoms with Gasteiger partial charge in [0.15, 0.2) is 0 Å². The summed E-state index contributed by atoms with van der Waals surface area (Å²) >= 11 is 5.82. The van der Waals surface area contributed by atoms with Gasteiger partial charge in [0.2, 0.25) is 0 Å². The Balaban J connectivity index is 1.73. The second-order valence-electron chi connectivity index (χ2n) is 5.18. The van der Waals surface area contributed by atoms with Gasteiger partial charge in [-0.3, -0.25) is 4.79 Å². The number of anilines is 1. The van der Waals surface area contributed by atoms with Crippen molar-refractivity contribution in [3.63, 3.8) is 0 Å². The second-order valence-corrected chi connectivity index (χ2v) is 5.62. The van der Waals surface area contributed by atoms with Gasteiger partial charge in [0, 0.05) is 23.0 Å². The first-order valence-electron chi connectivity index (χ1n) is 7.28. The van der Waals surface area contributed by atoms with E-state index in [1.54, 1.807) is 24.3 Å². The van der Waals surface area contributed by atoms with Crippen LogP contribution in [0.2, 0.25) is 5.02 Å². The number of alkyl halides is 3. The highest BCUT2D eigenvalue weighted by molar-refractivity contribution is 6.30. The lowest BCUT2D eigenvalue weighted by molar-refractivity contribution is -0.274. The van der Waals surface area contributed by atoms with E-state index >= 15 is 0 Å². The molecule has 1 N–H and O–H groups in total. The van der Waals surface area contributed by atoms with E-state index in [9.17, 15) is 18.0 Å². The Bertz CT molecular complexity index is 924. The molecule has 0 bridgehead atoms. The van der Waals surface area contributed by atoms with E-state index in [0.29, 0.717) is 10.7 Å². The lowest BCUT2D eigenvalue weighted by Gasteiger charge is -2.10. The molecule has 134 valence electrons. The van der Waals surface area contributed by atoms with E-state index in [2.05, 4.69) is 15.2 Å². The molecule has 9 heteroatoms. The summed E-state index contributed by atoms with van der Waals surface area (Å²) in [5.41, 5.74) is 1.10. The number of nitrogens with zero attached hydrogens (tertiary/aromatic N) is 2. The van der Waals surface area contributed by atoms with Gasteiger partial charge < -0.3 is 10.1 Å². The summed E-state index contributed by atoms with van der Waals surface area (Å²) in [5.74, 6) is -0.943. The normalized spacial score (nSPS) is 11.2. The molecule has 1 heterocycles.